The second-order valence-corrected chi connectivity index (χ2v) is 21.4. The molecule has 0 spiro atoms. The van der Waals surface area contributed by atoms with Crippen LogP contribution >= 0.6 is 0 Å². The zero-order chi connectivity index (χ0) is 51.4. The third-order valence-corrected chi connectivity index (χ3v) is 14.3. The van der Waals surface area contributed by atoms with E-state index in [0.29, 0.717) is 19.4 Å². The van der Waals surface area contributed by atoms with Crippen LogP contribution in [-0.4, -0.2) is 47.4 Å². The molecule has 416 valence electrons. The quantitative estimate of drug-likeness (QED) is 0.0321. The average Bonchev–Trinajstić information content (AvgIpc) is 3.37. The molecule has 0 radical (unpaired) electrons. The van der Waals surface area contributed by atoms with E-state index in [4.69, 9.17) is 4.74 Å². The lowest BCUT2D eigenvalue weighted by molar-refractivity contribution is -0.143. The molecule has 0 aromatic heterocycles. The number of hydrogen-bond acceptors (Lipinski definition) is 5. The zero-order valence-electron chi connectivity index (χ0n) is 47.5. The van der Waals surface area contributed by atoms with Gasteiger partial charge in [-0.25, -0.2) is 0 Å². The highest BCUT2D eigenvalue weighted by Crippen LogP contribution is 2.17. The van der Waals surface area contributed by atoms with E-state index in [2.05, 4.69) is 55.6 Å². The summed E-state index contributed by atoms with van der Waals surface area (Å²) in [6.07, 6.45) is 77.5. The van der Waals surface area contributed by atoms with Crippen LogP contribution in [0.5, 0.6) is 0 Å². The van der Waals surface area contributed by atoms with Crippen molar-refractivity contribution >= 4 is 11.9 Å². The molecule has 0 aliphatic carbocycles. The van der Waals surface area contributed by atoms with E-state index in [1.54, 1.807) is 6.08 Å². The third kappa shape index (κ3) is 57.0. The van der Waals surface area contributed by atoms with E-state index in [-0.39, 0.29) is 18.5 Å². The molecule has 0 bridgehead atoms. The van der Waals surface area contributed by atoms with Crippen LogP contribution in [0.25, 0.3) is 0 Å². The molecule has 0 fully saturated rings. The van der Waals surface area contributed by atoms with E-state index >= 15 is 0 Å². The number of hydrogen-bond donors (Lipinski definition) is 3. The number of amides is 1. The Morgan fingerprint density at radius 2 is 0.718 bits per heavy atom. The molecule has 6 heteroatoms. The first-order chi connectivity index (χ1) is 35.0. The number of nitrogens with one attached hydrogen (secondary N) is 1. The summed E-state index contributed by atoms with van der Waals surface area (Å²) >= 11 is 0. The zero-order valence-corrected chi connectivity index (χ0v) is 47.5. The Kier molecular flexibility index (Phi) is 58.5. The van der Waals surface area contributed by atoms with Crippen LogP contribution in [0.3, 0.4) is 0 Å². The Bertz CT molecular complexity index is 1190. The maximum absolute atomic E-state index is 12.4. The minimum absolute atomic E-state index is 0.00231. The average molecular weight is 997 g/mol. The van der Waals surface area contributed by atoms with Gasteiger partial charge in [0.1, 0.15) is 0 Å². The van der Waals surface area contributed by atoms with Crippen molar-refractivity contribution in [1.82, 2.24) is 5.32 Å². The number of aliphatic hydroxyl groups is 2. The van der Waals surface area contributed by atoms with Crippen molar-refractivity contribution in [3.05, 3.63) is 48.6 Å². The third-order valence-electron chi connectivity index (χ3n) is 14.3. The Balaban J connectivity index is 3.38. The van der Waals surface area contributed by atoms with Crippen LogP contribution in [0, 0.1) is 0 Å². The molecule has 0 aliphatic rings. The van der Waals surface area contributed by atoms with E-state index in [1.165, 1.54) is 250 Å². The fourth-order valence-electron chi connectivity index (χ4n) is 9.47. The van der Waals surface area contributed by atoms with Crippen LogP contribution < -0.4 is 5.32 Å². The van der Waals surface area contributed by atoms with Crippen molar-refractivity contribution in [1.29, 1.82) is 0 Å². The van der Waals surface area contributed by atoms with Crippen molar-refractivity contribution in [3.8, 4) is 0 Å². The van der Waals surface area contributed by atoms with Gasteiger partial charge in [-0.15, -0.1) is 0 Å². The molecule has 0 aromatic carbocycles. The van der Waals surface area contributed by atoms with E-state index < -0.39 is 12.1 Å². The molecule has 0 aromatic rings. The highest BCUT2D eigenvalue weighted by atomic mass is 16.5. The maximum Gasteiger partial charge on any atom is 0.305 e. The lowest BCUT2D eigenvalue weighted by Gasteiger charge is -2.20. The maximum atomic E-state index is 12.4. The minimum atomic E-state index is -0.841. The van der Waals surface area contributed by atoms with Gasteiger partial charge in [0.05, 0.1) is 25.4 Å². The molecule has 0 heterocycles. The van der Waals surface area contributed by atoms with E-state index in [1.807, 2.05) is 6.08 Å². The molecule has 0 saturated carbocycles. The smallest absolute Gasteiger partial charge is 0.305 e. The van der Waals surface area contributed by atoms with Crippen LogP contribution in [0.15, 0.2) is 48.6 Å². The number of esters is 1. The number of carbonyl (C=O) groups is 2. The Labute approximate surface area is 442 Å². The second-order valence-electron chi connectivity index (χ2n) is 21.4. The number of ether oxygens (including phenoxy) is 1. The molecular weight excluding hydrogens is 875 g/mol. The fourth-order valence-corrected chi connectivity index (χ4v) is 9.47. The molecular formula is C65H121NO5. The molecule has 6 nitrogen and oxygen atoms in total. The number of aliphatic hydroxyl groups excluding tert-OH is 2. The summed E-state index contributed by atoms with van der Waals surface area (Å²) in [6.45, 7) is 4.85. The van der Waals surface area contributed by atoms with Gasteiger partial charge >= 0.3 is 5.97 Å². The van der Waals surface area contributed by atoms with Gasteiger partial charge in [-0.3, -0.25) is 9.59 Å². The van der Waals surface area contributed by atoms with Crippen molar-refractivity contribution in [3.63, 3.8) is 0 Å². The van der Waals surface area contributed by atoms with Gasteiger partial charge in [-0.05, 0) is 83.5 Å². The van der Waals surface area contributed by atoms with E-state index in [0.717, 1.165) is 51.4 Å². The molecule has 3 N–H and O–H groups in total. The molecule has 1 amide bonds. The van der Waals surface area contributed by atoms with Gasteiger partial charge < -0.3 is 20.3 Å². The van der Waals surface area contributed by atoms with Crippen LogP contribution in [0.1, 0.15) is 328 Å². The van der Waals surface area contributed by atoms with Gasteiger partial charge in [0.25, 0.3) is 0 Å². The van der Waals surface area contributed by atoms with Gasteiger partial charge in [0.15, 0.2) is 0 Å². The predicted octanol–water partition coefficient (Wildman–Crippen LogP) is 19.7. The normalized spacial score (nSPS) is 12.9. The SMILES string of the molecule is CCCC/C=C\CCCCCCCC(=O)OCCCCCCCCCCC/C=C\C/C=C\CCCCCCCCCCCCCCCCCCCC(=O)NC(CO)C(O)/C=C/CCCCCCCCCC. The number of allylic oxidation sites excluding steroid dienone is 7. The first-order valence-electron chi connectivity index (χ1n) is 31.4. The van der Waals surface area contributed by atoms with Gasteiger partial charge in [-0.1, -0.05) is 281 Å². The summed E-state index contributed by atoms with van der Waals surface area (Å²) in [6, 6.07) is -0.625. The second kappa shape index (κ2) is 60.4. The molecule has 2 unspecified atom stereocenters. The minimum Gasteiger partial charge on any atom is -0.466 e. The van der Waals surface area contributed by atoms with Crippen molar-refractivity contribution in [2.24, 2.45) is 0 Å². The van der Waals surface area contributed by atoms with Crippen LogP contribution in [-0.2, 0) is 14.3 Å². The van der Waals surface area contributed by atoms with Crippen molar-refractivity contribution in [2.45, 2.75) is 341 Å². The first-order valence-corrected chi connectivity index (χ1v) is 31.4. The summed E-state index contributed by atoms with van der Waals surface area (Å²) < 4.78 is 5.46. The molecule has 0 aliphatic heterocycles. The Morgan fingerprint density at radius 3 is 1.13 bits per heavy atom. The van der Waals surface area contributed by atoms with Crippen molar-refractivity contribution in [2.75, 3.05) is 13.2 Å². The highest BCUT2D eigenvalue weighted by molar-refractivity contribution is 5.76. The van der Waals surface area contributed by atoms with Crippen LogP contribution in [0.4, 0.5) is 0 Å². The summed E-state index contributed by atoms with van der Waals surface area (Å²) in [5, 5.41) is 23.0. The fraction of sp³-hybridized carbons (Fsp3) is 0.846. The molecule has 0 saturated heterocycles. The largest absolute Gasteiger partial charge is 0.466 e. The van der Waals surface area contributed by atoms with E-state index in [9.17, 15) is 19.8 Å². The number of rotatable bonds is 58. The Morgan fingerprint density at radius 1 is 0.394 bits per heavy atom. The predicted molar refractivity (Wildman–Crippen MR) is 310 cm³/mol. The summed E-state index contributed by atoms with van der Waals surface area (Å²) in [7, 11) is 0. The summed E-state index contributed by atoms with van der Waals surface area (Å²) in [5.41, 5.74) is 0. The Hall–Kier alpha value is -2.18. The topological polar surface area (TPSA) is 95.9 Å². The first kappa shape index (κ1) is 68.8. The molecule has 2 atom stereocenters. The summed E-state index contributed by atoms with van der Waals surface area (Å²) in [5.74, 6) is -0.0654. The standard InChI is InChI=1S/C65H121NO5/c1-3-5-7-9-11-13-38-43-47-51-55-59-65(70)71-60-56-52-48-44-40-37-35-33-31-29-27-25-23-21-19-17-15-16-18-20-22-24-26-28-30-32-34-36-39-42-46-50-54-58-64(69)66-62(61-67)63(68)57-53-49-45-41-14-12-10-8-6-4-2/h9,11,19,21,25,27,53,57,62-63,67-68H,3-8,10,12-18,20,22-24,26,28-52,54-56,58-61H2,1-2H3,(H,66,69)/b11-9-,21-19-,27-25-,57-53+. The van der Waals surface area contributed by atoms with Crippen LogP contribution in [0.2, 0.25) is 0 Å². The van der Waals surface area contributed by atoms with Gasteiger partial charge in [0.2, 0.25) is 5.91 Å². The number of carbonyl (C=O) groups excluding carboxylic acids is 2. The monoisotopic (exact) mass is 996 g/mol. The van der Waals surface area contributed by atoms with Gasteiger partial charge in [0, 0.05) is 12.8 Å². The lowest BCUT2D eigenvalue weighted by Crippen LogP contribution is -2.45. The summed E-state index contributed by atoms with van der Waals surface area (Å²) in [4.78, 5) is 24.4. The molecule has 0 rings (SSSR count). The number of unbranched alkanes of at least 4 members (excludes halogenated alkanes) is 41. The lowest BCUT2D eigenvalue weighted by atomic mass is 10.0. The van der Waals surface area contributed by atoms with Gasteiger partial charge in [-0.2, -0.15) is 0 Å². The van der Waals surface area contributed by atoms with Crippen molar-refractivity contribution < 1.29 is 24.5 Å². The molecule has 71 heavy (non-hydrogen) atoms. The highest BCUT2D eigenvalue weighted by Gasteiger charge is 2.18.